The van der Waals surface area contributed by atoms with Crippen molar-refractivity contribution in [2.24, 2.45) is 5.92 Å². The molecule has 1 heterocycles. The van der Waals surface area contributed by atoms with Crippen molar-refractivity contribution in [2.45, 2.75) is 19.3 Å². The SMILES string of the molecule is CNc1cnccc1C(=O)NCC1CCC1. The summed E-state index contributed by atoms with van der Waals surface area (Å²) in [5.41, 5.74) is 1.44. The molecule has 0 radical (unpaired) electrons. The Kier molecular flexibility index (Phi) is 3.39. The molecule has 4 nitrogen and oxygen atoms in total. The molecule has 4 heteroatoms. The van der Waals surface area contributed by atoms with E-state index < -0.39 is 0 Å². The molecule has 86 valence electrons. The third-order valence-electron chi connectivity index (χ3n) is 3.11. The van der Waals surface area contributed by atoms with Crippen LogP contribution in [0.3, 0.4) is 0 Å². The number of anilines is 1. The smallest absolute Gasteiger partial charge is 0.253 e. The van der Waals surface area contributed by atoms with Crippen LogP contribution in [0.25, 0.3) is 0 Å². The molecule has 1 fully saturated rings. The monoisotopic (exact) mass is 219 g/mol. The van der Waals surface area contributed by atoms with E-state index in [-0.39, 0.29) is 5.91 Å². The highest BCUT2D eigenvalue weighted by atomic mass is 16.1. The molecule has 0 atom stereocenters. The van der Waals surface area contributed by atoms with Crippen molar-refractivity contribution in [2.75, 3.05) is 18.9 Å². The first-order chi connectivity index (χ1) is 7.81. The Morgan fingerprint density at radius 2 is 2.38 bits per heavy atom. The van der Waals surface area contributed by atoms with Crippen LogP contribution in [0, 0.1) is 5.92 Å². The minimum absolute atomic E-state index is 0.0151. The third kappa shape index (κ3) is 2.32. The van der Waals surface area contributed by atoms with Gasteiger partial charge in [-0.25, -0.2) is 0 Å². The van der Waals surface area contributed by atoms with Gasteiger partial charge in [0.2, 0.25) is 0 Å². The van der Waals surface area contributed by atoms with Gasteiger partial charge in [-0.1, -0.05) is 6.42 Å². The number of carbonyl (C=O) groups is 1. The highest BCUT2D eigenvalue weighted by Crippen LogP contribution is 2.25. The van der Waals surface area contributed by atoms with Crippen LogP contribution in [0.1, 0.15) is 29.6 Å². The van der Waals surface area contributed by atoms with Crippen LogP contribution in [-0.4, -0.2) is 24.5 Å². The second-order valence-corrected chi connectivity index (χ2v) is 4.18. The Bertz CT molecular complexity index is 374. The molecule has 0 aromatic carbocycles. The van der Waals surface area contributed by atoms with Crippen molar-refractivity contribution in [3.8, 4) is 0 Å². The zero-order valence-corrected chi connectivity index (χ0v) is 9.49. The molecule has 16 heavy (non-hydrogen) atoms. The number of amides is 1. The molecule has 1 aliphatic carbocycles. The molecular formula is C12H17N3O. The fraction of sp³-hybridized carbons (Fsp3) is 0.500. The molecule has 1 aliphatic rings. The summed E-state index contributed by atoms with van der Waals surface area (Å²) in [5.74, 6) is 0.669. The van der Waals surface area contributed by atoms with Gasteiger partial charge in [-0.15, -0.1) is 0 Å². The molecule has 0 unspecified atom stereocenters. The fourth-order valence-electron chi connectivity index (χ4n) is 1.82. The van der Waals surface area contributed by atoms with Crippen molar-refractivity contribution in [3.05, 3.63) is 24.0 Å². The first-order valence-electron chi connectivity index (χ1n) is 5.71. The summed E-state index contributed by atoms with van der Waals surface area (Å²) in [6.45, 7) is 0.796. The molecular weight excluding hydrogens is 202 g/mol. The molecule has 1 saturated carbocycles. The van der Waals surface area contributed by atoms with Crippen LogP contribution in [-0.2, 0) is 0 Å². The molecule has 0 spiro atoms. The first kappa shape index (κ1) is 10.9. The maximum Gasteiger partial charge on any atom is 0.253 e. The van der Waals surface area contributed by atoms with Crippen LogP contribution < -0.4 is 10.6 Å². The van der Waals surface area contributed by atoms with E-state index >= 15 is 0 Å². The average Bonchev–Trinajstić information content (AvgIpc) is 2.26. The zero-order chi connectivity index (χ0) is 11.4. The van der Waals surface area contributed by atoms with Crippen LogP contribution in [0.4, 0.5) is 5.69 Å². The summed E-state index contributed by atoms with van der Waals surface area (Å²) in [6, 6.07) is 1.74. The largest absolute Gasteiger partial charge is 0.386 e. The normalized spacial score (nSPS) is 15.3. The lowest BCUT2D eigenvalue weighted by Gasteiger charge is -2.25. The van der Waals surface area contributed by atoms with Gasteiger partial charge in [0.25, 0.3) is 5.91 Å². The number of rotatable bonds is 4. The van der Waals surface area contributed by atoms with Crippen LogP contribution in [0.15, 0.2) is 18.5 Å². The van der Waals surface area contributed by atoms with E-state index in [2.05, 4.69) is 15.6 Å². The highest BCUT2D eigenvalue weighted by Gasteiger charge is 2.18. The number of nitrogens with one attached hydrogen (secondary N) is 2. The summed E-state index contributed by atoms with van der Waals surface area (Å²) in [5, 5.41) is 5.94. The molecule has 0 saturated heterocycles. The molecule has 0 bridgehead atoms. The molecule has 2 N–H and O–H groups in total. The fourth-order valence-corrected chi connectivity index (χ4v) is 1.82. The van der Waals surface area contributed by atoms with E-state index in [0.29, 0.717) is 11.5 Å². The Morgan fingerprint density at radius 3 is 3.00 bits per heavy atom. The van der Waals surface area contributed by atoms with Crippen LogP contribution >= 0.6 is 0 Å². The maximum atomic E-state index is 11.9. The Balaban J connectivity index is 1.96. The number of nitrogens with zero attached hydrogens (tertiary/aromatic N) is 1. The average molecular weight is 219 g/mol. The van der Waals surface area contributed by atoms with Crippen molar-refractivity contribution >= 4 is 11.6 Å². The standard InChI is InChI=1S/C12H17N3O/c1-13-11-8-14-6-5-10(11)12(16)15-7-9-3-2-4-9/h5-6,8-9,13H,2-4,7H2,1H3,(H,15,16). The Labute approximate surface area is 95.5 Å². The predicted molar refractivity (Wildman–Crippen MR) is 63.5 cm³/mol. The van der Waals surface area contributed by atoms with Crippen LogP contribution in [0.2, 0.25) is 0 Å². The van der Waals surface area contributed by atoms with Crippen molar-refractivity contribution in [3.63, 3.8) is 0 Å². The van der Waals surface area contributed by atoms with E-state index in [1.54, 1.807) is 25.5 Å². The molecule has 0 aliphatic heterocycles. The van der Waals surface area contributed by atoms with Gasteiger partial charge in [0.15, 0.2) is 0 Å². The summed E-state index contributed by atoms with van der Waals surface area (Å²) >= 11 is 0. The number of hydrogen-bond acceptors (Lipinski definition) is 3. The number of aromatic nitrogens is 1. The van der Waals surface area contributed by atoms with E-state index in [0.717, 1.165) is 12.2 Å². The van der Waals surface area contributed by atoms with Gasteiger partial charge >= 0.3 is 0 Å². The summed E-state index contributed by atoms with van der Waals surface area (Å²) in [4.78, 5) is 15.9. The van der Waals surface area contributed by atoms with Gasteiger partial charge in [0, 0.05) is 19.8 Å². The lowest BCUT2D eigenvalue weighted by Crippen LogP contribution is -2.32. The number of carbonyl (C=O) groups excluding carboxylic acids is 1. The second kappa shape index (κ2) is 4.96. The van der Waals surface area contributed by atoms with Crippen LogP contribution in [0.5, 0.6) is 0 Å². The van der Waals surface area contributed by atoms with Gasteiger partial charge < -0.3 is 10.6 Å². The molecule has 2 rings (SSSR count). The molecule has 1 aromatic heterocycles. The minimum atomic E-state index is -0.0151. The highest BCUT2D eigenvalue weighted by molar-refractivity contribution is 5.99. The van der Waals surface area contributed by atoms with Crippen molar-refractivity contribution in [1.29, 1.82) is 0 Å². The van der Waals surface area contributed by atoms with Gasteiger partial charge in [-0.3, -0.25) is 9.78 Å². The van der Waals surface area contributed by atoms with Crippen molar-refractivity contribution in [1.82, 2.24) is 10.3 Å². The topological polar surface area (TPSA) is 54.0 Å². The van der Waals surface area contributed by atoms with Gasteiger partial charge in [-0.2, -0.15) is 0 Å². The molecule has 1 amide bonds. The Morgan fingerprint density at radius 1 is 1.56 bits per heavy atom. The molecule has 1 aromatic rings. The zero-order valence-electron chi connectivity index (χ0n) is 9.49. The number of pyridine rings is 1. The minimum Gasteiger partial charge on any atom is -0.386 e. The predicted octanol–water partition coefficient (Wildman–Crippen LogP) is 1.65. The number of hydrogen-bond donors (Lipinski definition) is 2. The third-order valence-corrected chi connectivity index (χ3v) is 3.11. The summed E-state index contributed by atoms with van der Waals surface area (Å²) in [7, 11) is 1.79. The lowest BCUT2D eigenvalue weighted by atomic mass is 9.85. The summed E-state index contributed by atoms with van der Waals surface area (Å²) < 4.78 is 0. The van der Waals surface area contributed by atoms with E-state index in [1.807, 2.05) is 0 Å². The maximum absolute atomic E-state index is 11.9. The van der Waals surface area contributed by atoms with E-state index in [4.69, 9.17) is 0 Å². The Hall–Kier alpha value is -1.58. The lowest BCUT2D eigenvalue weighted by molar-refractivity contribution is 0.0940. The first-order valence-corrected chi connectivity index (χ1v) is 5.71. The van der Waals surface area contributed by atoms with Gasteiger partial charge in [-0.05, 0) is 24.8 Å². The van der Waals surface area contributed by atoms with E-state index in [1.165, 1.54) is 19.3 Å². The quantitative estimate of drug-likeness (QED) is 0.809. The van der Waals surface area contributed by atoms with Crippen molar-refractivity contribution < 1.29 is 4.79 Å². The van der Waals surface area contributed by atoms with Gasteiger partial charge in [0.05, 0.1) is 17.4 Å². The van der Waals surface area contributed by atoms with Gasteiger partial charge in [0.1, 0.15) is 0 Å². The second-order valence-electron chi connectivity index (χ2n) is 4.18. The van der Waals surface area contributed by atoms with E-state index in [9.17, 15) is 4.79 Å². The summed E-state index contributed by atoms with van der Waals surface area (Å²) in [6.07, 6.45) is 7.10.